The largest absolute Gasteiger partial charge is 0.481 e. The number of hydrogen-bond donors (Lipinski definition) is 2. The van der Waals surface area contributed by atoms with E-state index < -0.39 is 11.9 Å². The summed E-state index contributed by atoms with van der Waals surface area (Å²) in [4.78, 5) is 24.6. The van der Waals surface area contributed by atoms with Crippen LogP contribution in [0.15, 0.2) is 0 Å². The van der Waals surface area contributed by atoms with Gasteiger partial charge in [0.25, 0.3) is 0 Å². The molecule has 2 atom stereocenters. The van der Waals surface area contributed by atoms with Gasteiger partial charge in [-0.05, 0) is 13.3 Å². The number of ether oxygens (including phenoxy) is 1. The summed E-state index contributed by atoms with van der Waals surface area (Å²) in [6.07, 6.45) is 1.93. The third-order valence-corrected chi connectivity index (χ3v) is 3.18. The fourth-order valence-corrected chi connectivity index (χ4v) is 2.09. The molecule has 0 aromatic heterocycles. The maximum atomic E-state index is 12.0. The first-order valence-corrected chi connectivity index (χ1v) is 6.46. The van der Waals surface area contributed by atoms with Crippen molar-refractivity contribution in [2.75, 3.05) is 26.3 Å². The molecule has 1 heterocycles. The van der Waals surface area contributed by atoms with Gasteiger partial charge in [0, 0.05) is 13.1 Å². The maximum Gasteiger partial charge on any atom is 0.317 e. The zero-order valence-corrected chi connectivity index (χ0v) is 11.0. The molecule has 6 nitrogen and oxygen atoms in total. The predicted octanol–water partition coefficient (Wildman–Crippen LogP) is 0.918. The van der Waals surface area contributed by atoms with E-state index in [-0.39, 0.29) is 18.7 Å². The summed E-state index contributed by atoms with van der Waals surface area (Å²) in [5.74, 6) is -1.53. The van der Waals surface area contributed by atoms with Gasteiger partial charge < -0.3 is 20.1 Å². The second-order valence-corrected chi connectivity index (χ2v) is 4.42. The lowest BCUT2D eigenvalue weighted by molar-refractivity contribution is -0.142. The number of carbonyl (C=O) groups is 2. The zero-order chi connectivity index (χ0) is 13.5. The molecule has 1 rings (SSSR count). The summed E-state index contributed by atoms with van der Waals surface area (Å²) in [5, 5.41) is 11.9. The number of amides is 2. The van der Waals surface area contributed by atoms with Crippen molar-refractivity contribution in [2.45, 2.75) is 32.7 Å². The Kier molecular flexibility index (Phi) is 5.91. The molecule has 1 aliphatic heterocycles. The minimum Gasteiger partial charge on any atom is -0.481 e. The van der Waals surface area contributed by atoms with Crippen molar-refractivity contribution in [1.29, 1.82) is 0 Å². The number of likely N-dealkylation sites (N-methyl/N-ethyl adjacent to an activating group) is 1. The van der Waals surface area contributed by atoms with Crippen molar-refractivity contribution in [3.63, 3.8) is 0 Å². The molecule has 0 radical (unpaired) electrons. The molecular formula is C12H22N2O4. The van der Waals surface area contributed by atoms with Crippen molar-refractivity contribution in [3.8, 4) is 0 Å². The Hall–Kier alpha value is -1.30. The first-order valence-electron chi connectivity index (χ1n) is 6.46. The summed E-state index contributed by atoms with van der Waals surface area (Å²) in [5.41, 5.74) is 0. The minimum absolute atomic E-state index is 0.179. The van der Waals surface area contributed by atoms with Gasteiger partial charge in [0.2, 0.25) is 0 Å². The van der Waals surface area contributed by atoms with E-state index in [1.54, 1.807) is 4.90 Å². The van der Waals surface area contributed by atoms with Gasteiger partial charge in [-0.15, -0.1) is 0 Å². The highest BCUT2D eigenvalue weighted by atomic mass is 16.5. The second-order valence-electron chi connectivity index (χ2n) is 4.42. The fourth-order valence-electron chi connectivity index (χ4n) is 2.09. The summed E-state index contributed by atoms with van der Waals surface area (Å²) < 4.78 is 5.19. The molecule has 1 saturated heterocycles. The van der Waals surface area contributed by atoms with E-state index in [1.165, 1.54) is 0 Å². The lowest BCUT2D eigenvalue weighted by Gasteiger charge is -2.29. The molecule has 104 valence electrons. The third-order valence-electron chi connectivity index (χ3n) is 3.18. The van der Waals surface area contributed by atoms with E-state index in [4.69, 9.17) is 9.84 Å². The quantitative estimate of drug-likeness (QED) is 0.694. The van der Waals surface area contributed by atoms with Crippen LogP contribution in [0.4, 0.5) is 4.79 Å². The lowest BCUT2D eigenvalue weighted by atomic mass is 10.0. The van der Waals surface area contributed by atoms with E-state index in [1.807, 2.05) is 6.92 Å². The number of nitrogens with zero attached hydrogens (tertiary/aromatic N) is 1. The van der Waals surface area contributed by atoms with Crippen molar-refractivity contribution >= 4 is 12.0 Å². The number of carboxylic acid groups (broad SMARTS) is 1. The van der Waals surface area contributed by atoms with Crippen LogP contribution in [0.2, 0.25) is 0 Å². The summed E-state index contributed by atoms with van der Waals surface area (Å²) in [6, 6.07) is -0.568. The van der Waals surface area contributed by atoms with Crippen molar-refractivity contribution in [1.82, 2.24) is 10.2 Å². The van der Waals surface area contributed by atoms with Gasteiger partial charge in [-0.25, -0.2) is 4.79 Å². The van der Waals surface area contributed by atoms with Gasteiger partial charge in [-0.2, -0.15) is 0 Å². The highest BCUT2D eigenvalue weighted by molar-refractivity contribution is 5.77. The highest BCUT2D eigenvalue weighted by Gasteiger charge is 2.39. The molecule has 0 aromatic carbocycles. The molecule has 2 unspecified atom stereocenters. The van der Waals surface area contributed by atoms with E-state index >= 15 is 0 Å². The molecule has 18 heavy (non-hydrogen) atoms. The Morgan fingerprint density at radius 2 is 2.11 bits per heavy atom. The number of aliphatic carboxylic acids is 1. The second kappa shape index (κ2) is 7.20. The molecule has 2 amide bonds. The van der Waals surface area contributed by atoms with Crippen molar-refractivity contribution in [3.05, 3.63) is 0 Å². The van der Waals surface area contributed by atoms with Gasteiger partial charge in [-0.3, -0.25) is 4.79 Å². The van der Waals surface area contributed by atoms with Crippen LogP contribution in [-0.4, -0.2) is 54.4 Å². The van der Waals surface area contributed by atoms with Crippen LogP contribution in [0.1, 0.15) is 26.7 Å². The van der Waals surface area contributed by atoms with E-state index in [0.29, 0.717) is 19.7 Å². The van der Waals surface area contributed by atoms with Gasteiger partial charge in [0.15, 0.2) is 0 Å². The van der Waals surface area contributed by atoms with Gasteiger partial charge in [0.05, 0.1) is 19.3 Å². The number of unbranched alkanes of at least 4 members (excludes halogenated alkanes) is 1. The summed E-state index contributed by atoms with van der Waals surface area (Å²) >= 11 is 0. The third kappa shape index (κ3) is 3.60. The number of hydrogen-bond acceptors (Lipinski definition) is 3. The van der Waals surface area contributed by atoms with E-state index in [0.717, 1.165) is 12.8 Å². The molecule has 1 fully saturated rings. The smallest absolute Gasteiger partial charge is 0.317 e. The Balaban J connectivity index is 2.58. The molecule has 1 aliphatic rings. The van der Waals surface area contributed by atoms with Crippen LogP contribution in [0.3, 0.4) is 0 Å². The average molecular weight is 258 g/mol. The highest BCUT2D eigenvalue weighted by Crippen LogP contribution is 2.20. The molecule has 0 aliphatic carbocycles. The average Bonchev–Trinajstić information content (AvgIpc) is 2.79. The number of carbonyl (C=O) groups excluding carboxylic acids is 1. The first-order chi connectivity index (χ1) is 8.61. The van der Waals surface area contributed by atoms with E-state index in [9.17, 15) is 9.59 Å². The van der Waals surface area contributed by atoms with Crippen LogP contribution in [-0.2, 0) is 9.53 Å². The first kappa shape index (κ1) is 14.8. The van der Waals surface area contributed by atoms with Crippen molar-refractivity contribution in [2.24, 2.45) is 5.92 Å². The number of carboxylic acids is 1. The predicted molar refractivity (Wildman–Crippen MR) is 66.4 cm³/mol. The molecule has 0 saturated carbocycles. The molecule has 0 aromatic rings. The van der Waals surface area contributed by atoms with Crippen LogP contribution in [0.5, 0.6) is 0 Å². The van der Waals surface area contributed by atoms with Crippen molar-refractivity contribution < 1.29 is 19.4 Å². The van der Waals surface area contributed by atoms with Gasteiger partial charge in [-0.1, -0.05) is 13.3 Å². The molecule has 2 N–H and O–H groups in total. The Morgan fingerprint density at radius 1 is 1.39 bits per heavy atom. The Bertz CT molecular complexity index is 296. The topological polar surface area (TPSA) is 78.9 Å². The van der Waals surface area contributed by atoms with Crippen LogP contribution in [0, 0.1) is 5.92 Å². The van der Waals surface area contributed by atoms with Gasteiger partial charge >= 0.3 is 12.0 Å². The summed E-state index contributed by atoms with van der Waals surface area (Å²) in [6.45, 7) is 5.48. The normalized spacial score (nSPS) is 22.8. The molecule has 0 bridgehead atoms. The van der Waals surface area contributed by atoms with E-state index in [2.05, 4.69) is 12.2 Å². The standard InChI is InChI=1S/C12H22N2O4/c1-3-5-6-13-12(17)14(4-2)10-8-18-7-9(10)11(15)16/h9-10H,3-8H2,1-2H3,(H,13,17)(H,15,16). The van der Waals surface area contributed by atoms with Crippen LogP contribution in [0.25, 0.3) is 0 Å². The van der Waals surface area contributed by atoms with Crippen LogP contribution >= 0.6 is 0 Å². The Labute approximate surface area is 107 Å². The molecule has 0 spiro atoms. The Morgan fingerprint density at radius 3 is 2.67 bits per heavy atom. The number of rotatable bonds is 6. The number of urea groups is 1. The molecular weight excluding hydrogens is 236 g/mol. The monoisotopic (exact) mass is 258 g/mol. The summed E-state index contributed by atoms with van der Waals surface area (Å²) in [7, 11) is 0. The van der Waals surface area contributed by atoms with Crippen LogP contribution < -0.4 is 5.32 Å². The lowest BCUT2D eigenvalue weighted by Crippen LogP contribution is -2.50. The maximum absolute atomic E-state index is 12.0. The fraction of sp³-hybridized carbons (Fsp3) is 0.833. The molecule has 6 heteroatoms. The number of nitrogens with one attached hydrogen (secondary N) is 1. The zero-order valence-electron chi connectivity index (χ0n) is 11.0. The minimum atomic E-state index is -0.905. The van der Waals surface area contributed by atoms with Gasteiger partial charge in [0.1, 0.15) is 5.92 Å². The SMILES string of the molecule is CCCCNC(=O)N(CC)C1COCC1C(=O)O.